The smallest absolute Gasteiger partial charge is 0.330 e. The maximum Gasteiger partial charge on any atom is 0.330 e. The average molecular weight is 413 g/mol. The number of fused-ring (bicyclic) bond motifs is 1. The Morgan fingerprint density at radius 3 is 2.70 bits per heavy atom. The van der Waals surface area contributed by atoms with Gasteiger partial charge in [0.1, 0.15) is 5.82 Å². The molecule has 0 aliphatic rings. The molecule has 30 heavy (non-hydrogen) atoms. The standard InChI is InChI=1S/C21H27N5O4/c1-13(2)12-26-19(22)18(20(28)24-21(26)29)25(8-9-30-3)17(27)10-14-11-23-16-7-5-4-6-15(14)16/h4-7,11,13,23H,8-10,12,22H2,1-3H3,(H,24,28,29). The molecule has 0 atom stereocenters. The summed E-state index contributed by atoms with van der Waals surface area (Å²) in [7, 11) is 1.51. The van der Waals surface area contributed by atoms with Crippen molar-refractivity contribution in [3.8, 4) is 0 Å². The van der Waals surface area contributed by atoms with E-state index in [2.05, 4.69) is 9.97 Å². The van der Waals surface area contributed by atoms with Crippen molar-refractivity contribution in [3.63, 3.8) is 0 Å². The van der Waals surface area contributed by atoms with Gasteiger partial charge < -0.3 is 20.4 Å². The first-order valence-corrected chi connectivity index (χ1v) is 9.80. The Labute approximate surface area is 173 Å². The zero-order valence-corrected chi connectivity index (χ0v) is 17.4. The zero-order chi connectivity index (χ0) is 21.8. The maximum absolute atomic E-state index is 13.2. The van der Waals surface area contributed by atoms with Gasteiger partial charge in [0.15, 0.2) is 5.69 Å². The molecular weight excluding hydrogens is 386 g/mol. The first-order chi connectivity index (χ1) is 14.3. The van der Waals surface area contributed by atoms with E-state index in [1.807, 2.05) is 38.1 Å². The molecule has 0 unspecified atom stereocenters. The molecule has 0 aliphatic carbocycles. The molecule has 1 amide bonds. The van der Waals surface area contributed by atoms with Gasteiger partial charge >= 0.3 is 5.69 Å². The van der Waals surface area contributed by atoms with E-state index in [9.17, 15) is 14.4 Å². The van der Waals surface area contributed by atoms with Crippen molar-refractivity contribution in [1.29, 1.82) is 0 Å². The van der Waals surface area contributed by atoms with E-state index < -0.39 is 11.2 Å². The van der Waals surface area contributed by atoms with Crippen LogP contribution in [0.1, 0.15) is 19.4 Å². The number of hydrogen-bond donors (Lipinski definition) is 3. The Bertz CT molecular complexity index is 1160. The zero-order valence-electron chi connectivity index (χ0n) is 17.4. The van der Waals surface area contributed by atoms with Crippen LogP contribution in [-0.2, 0) is 22.5 Å². The number of amides is 1. The van der Waals surface area contributed by atoms with E-state index in [4.69, 9.17) is 10.5 Å². The molecule has 0 spiro atoms. The number of aromatic nitrogens is 3. The monoisotopic (exact) mass is 413 g/mol. The van der Waals surface area contributed by atoms with Crippen LogP contribution in [0.2, 0.25) is 0 Å². The number of nitrogens with two attached hydrogens (primary N) is 1. The fraction of sp³-hybridized carbons (Fsp3) is 0.381. The Morgan fingerprint density at radius 1 is 1.27 bits per heavy atom. The number of nitrogen functional groups attached to an aromatic ring is 1. The van der Waals surface area contributed by atoms with Crippen LogP contribution in [-0.4, -0.2) is 40.7 Å². The van der Waals surface area contributed by atoms with Gasteiger partial charge in [-0.2, -0.15) is 0 Å². The lowest BCUT2D eigenvalue weighted by Crippen LogP contribution is -2.43. The summed E-state index contributed by atoms with van der Waals surface area (Å²) in [5.74, 6) is -0.220. The summed E-state index contributed by atoms with van der Waals surface area (Å²) >= 11 is 0. The minimum absolute atomic E-state index is 0.0270. The lowest BCUT2D eigenvalue weighted by Gasteiger charge is -2.24. The quantitative estimate of drug-likeness (QED) is 0.516. The number of carbonyl (C=O) groups is 1. The second-order valence-electron chi connectivity index (χ2n) is 7.57. The molecule has 160 valence electrons. The van der Waals surface area contributed by atoms with Crippen molar-refractivity contribution in [1.82, 2.24) is 14.5 Å². The number of carbonyl (C=O) groups excluding carboxylic acids is 1. The molecule has 2 heterocycles. The van der Waals surface area contributed by atoms with Gasteiger partial charge in [0.05, 0.1) is 13.0 Å². The highest BCUT2D eigenvalue weighted by Crippen LogP contribution is 2.22. The van der Waals surface area contributed by atoms with Crippen LogP contribution in [0.25, 0.3) is 10.9 Å². The third-order valence-electron chi connectivity index (χ3n) is 4.87. The molecule has 2 aromatic heterocycles. The van der Waals surface area contributed by atoms with Gasteiger partial charge in [-0.3, -0.25) is 19.1 Å². The van der Waals surface area contributed by atoms with Gasteiger partial charge in [0, 0.05) is 37.3 Å². The van der Waals surface area contributed by atoms with Crippen molar-refractivity contribution in [2.24, 2.45) is 5.92 Å². The molecule has 9 heteroatoms. The van der Waals surface area contributed by atoms with Crippen LogP contribution < -0.4 is 21.9 Å². The first-order valence-electron chi connectivity index (χ1n) is 9.80. The second kappa shape index (κ2) is 9.00. The van der Waals surface area contributed by atoms with Crippen molar-refractivity contribution in [2.45, 2.75) is 26.8 Å². The molecular formula is C21H27N5O4. The van der Waals surface area contributed by atoms with Gasteiger partial charge in [0.2, 0.25) is 5.91 Å². The van der Waals surface area contributed by atoms with E-state index >= 15 is 0 Å². The average Bonchev–Trinajstić information content (AvgIpc) is 3.10. The predicted octanol–water partition coefficient (Wildman–Crippen LogP) is 1.48. The number of aromatic amines is 2. The SMILES string of the molecule is COCCN(C(=O)Cc1c[nH]c2ccccc12)c1c(N)n(CC(C)C)c(=O)[nH]c1=O. The molecule has 1 aromatic carbocycles. The number of rotatable bonds is 8. The fourth-order valence-electron chi connectivity index (χ4n) is 3.46. The van der Waals surface area contributed by atoms with Crippen molar-refractivity contribution >= 4 is 28.3 Å². The normalized spacial score (nSPS) is 11.3. The van der Waals surface area contributed by atoms with Crippen LogP contribution >= 0.6 is 0 Å². The summed E-state index contributed by atoms with van der Waals surface area (Å²) in [5.41, 5.74) is 6.63. The topological polar surface area (TPSA) is 126 Å². The van der Waals surface area contributed by atoms with Crippen molar-refractivity contribution in [2.75, 3.05) is 30.9 Å². The molecule has 4 N–H and O–H groups in total. The third-order valence-corrected chi connectivity index (χ3v) is 4.87. The van der Waals surface area contributed by atoms with Crippen LogP contribution in [0.5, 0.6) is 0 Å². The summed E-state index contributed by atoms with van der Waals surface area (Å²) in [5, 5.41) is 0.934. The number of nitrogens with zero attached hydrogens (tertiary/aromatic N) is 2. The Morgan fingerprint density at radius 2 is 2.00 bits per heavy atom. The molecule has 0 fully saturated rings. The predicted molar refractivity (Wildman–Crippen MR) is 117 cm³/mol. The van der Waals surface area contributed by atoms with E-state index in [-0.39, 0.29) is 42.9 Å². The molecule has 0 saturated heterocycles. The highest BCUT2D eigenvalue weighted by molar-refractivity contribution is 5.99. The van der Waals surface area contributed by atoms with E-state index in [1.54, 1.807) is 6.20 Å². The summed E-state index contributed by atoms with van der Waals surface area (Å²) < 4.78 is 6.42. The van der Waals surface area contributed by atoms with Crippen molar-refractivity contribution in [3.05, 3.63) is 56.9 Å². The summed E-state index contributed by atoms with van der Waals surface area (Å²) in [4.78, 5) is 44.9. The van der Waals surface area contributed by atoms with E-state index in [0.29, 0.717) is 6.54 Å². The van der Waals surface area contributed by atoms with Gasteiger partial charge in [-0.05, 0) is 17.5 Å². The molecule has 9 nitrogen and oxygen atoms in total. The summed E-state index contributed by atoms with van der Waals surface area (Å²) in [6.45, 7) is 4.53. The molecule has 0 bridgehead atoms. The van der Waals surface area contributed by atoms with Gasteiger partial charge in [-0.25, -0.2) is 4.79 Å². The number of ether oxygens (including phenoxy) is 1. The maximum atomic E-state index is 13.2. The summed E-state index contributed by atoms with van der Waals surface area (Å²) in [6, 6.07) is 7.67. The summed E-state index contributed by atoms with van der Waals surface area (Å²) in [6.07, 6.45) is 1.85. The van der Waals surface area contributed by atoms with Crippen LogP contribution in [0.4, 0.5) is 11.5 Å². The number of H-pyrrole nitrogens is 2. The number of nitrogens with one attached hydrogen (secondary N) is 2. The highest BCUT2D eigenvalue weighted by Gasteiger charge is 2.25. The molecule has 0 radical (unpaired) electrons. The number of hydrogen-bond acceptors (Lipinski definition) is 5. The second-order valence-corrected chi connectivity index (χ2v) is 7.57. The number of para-hydroxylation sites is 1. The van der Waals surface area contributed by atoms with E-state index in [0.717, 1.165) is 16.5 Å². The number of anilines is 2. The van der Waals surface area contributed by atoms with Crippen molar-refractivity contribution < 1.29 is 9.53 Å². The van der Waals surface area contributed by atoms with E-state index in [1.165, 1.54) is 16.6 Å². The molecule has 3 aromatic rings. The van der Waals surface area contributed by atoms with Gasteiger partial charge in [-0.1, -0.05) is 32.0 Å². The van der Waals surface area contributed by atoms with Gasteiger partial charge in [0.25, 0.3) is 5.56 Å². The van der Waals surface area contributed by atoms with Gasteiger partial charge in [-0.15, -0.1) is 0 Å². The fourth-order valence-corrected chi connectivity index (χ4v) is 3.46. The molecule has 3 rings (SSSR count). The minimum atomic E-state index is -0.694. The minimum Gasteiger partial charge on any atom is -0.383 e. The van der Waals surface area contributed by atoms with Crippen LogP contribution in [0.3, 0.4) is 0 Å². The van der Waals surface area contributed by atoms with Crippen LogP contribution in [0.15, 0.2) is 40.1 Å². The Hall–Kier alpha value is -3.33. The number of benzene rings is 1. The lowest BCUT2D eigenvalue weighted by molar-refractivity contribution is -0.118. The lowest BCUT2D eigenvalue weighted by atomic mass is 10.1. The highest BCUT2D eigenvalue weighted by atomic mass is 16.5. The number of methoxy groups -OCH3 is 1. The molecule has 0 aliphatic heterocycles. The first kappa shape index (κ1) is 21.4. The molecule has 0 saturated carbocycles. The van der Waals surface area contributed by atoms with Crippen LogP contribution in [0, 0.1) is 5.92 Å². The Kier molecular flexibility index (Phi) is 6.41. The Balaban J connectivity index is 2.03. The third kappa shape index (κ3) is 4.30. The largest absolute Gasteiger partial charge is 0.383 e.